The van der Waals surface area contributed by atoms with Crippen molar-refractivity contribution in [1.29, 1.82) is 0 Å². The maximum Gasteiger partial charge on any atom is 0.255 e. The summed E-state index contributed by atoms with van der Waals surface area (Å²) in [5.74, 6) is 0.703. The zero-order valence-electron chi connectivity index (χ0n) is 24.4. The van der Waals surface area contributed by atoms with Gasteiger partial charge in [-0.05, 0) is 87.1 Å². The number of benzene rings is 1. The van der Waals surface area contributed by atoms with Crippen LogP contribution < -0.4 is 10.6 Å². The third kappa shape index (κ3) is 9.20. The van der Waals surface area contributed by atoms with E-state index < -0.39 is 9.84 Å². The van der Waals surface area contributed by atoms with Gasteiger partial charge in [0.2, 0.25) is 5.91 Å². The van der Waals surface area contributed by atoms with Crippen molar-refractivity contribution in [3.05, 3.63) is 68.9 Å². The number of nitrogens with zero attached hydrogens (tertiary/aromatic N) is 1. The van der Waals surface area contributed by atoms with Gasteiger partial charge in [0.1, 0.15) is 0 Å². The van der Waals surface area contributed by atoms with Gasteiger partial charge in [-0.15, -0.1) is 0 Å². The number of piperidine rings is 1. The fourth-order valence-corrected chi connectivity index (χ4v) is 7.13. The second kappa shape index (κ2) is 14.5. The van der Waals surface area contributed by atoms with E-state index in [1.54, 1.807) is 36.4 Å². The van der Waals surface area contributed by atoms with Crippen LogP contribution in [0.25, 0.3) is 0 Å². The van der Waals surface area contributed by atoms with E-state index >= 15 is 0 Å². The van der Waals surface area contributed by atoms with Crippen LogP contribution in [0.2, 0.25) is 5.02 Å². The Bertz CT molecular complexity index is 1300. The lowest BCUT2D eigenvalue weighted by molar-refractivity contribution is -0.122. The van der Waals surface area contributed by atoms with Crippen LogP contribution in [0.3, 0.4) is 0 Å². The van der Waals surface area contributed by atoms with Crippen LogP contribution in [-0.2, 0) is 14.6 Å². The van der Waals surface area contributed by atoms with Crippen LogP contribution in [0.1, 0.15) is 87.9 Å². The van der Waals surface area contributed by atoms with Gasteiger partial charge in [0, 0.05) is 42.9 Å². The first kappa shape index (κ1) is 31.4. The van der Waals surface area contributed by atoms with E-state index in [2.05, 4.69) is 15.5 Å². The summed E-state index contributed by atoms with van der Waals surface area (Å²) >= 11 is 6.12. The summed E-state index contributed by atoms with van der Waals surface area (Å²) in [5, 5.41) is 6.65. The molecule has 0 unspecified atom stereocenters. The number of carbonyl (C=O) groups is 2. The van der Waals surface area contributed by atoms with Crippen LogP contribution in [0.4, 0.5) is 0 Å². The standard InChI is InChI=1S/C32H44ClN3O4S/c1-23-9-7-14-28(41(2,39)40)21-29(35-32(38)26-12-8-13-27(33)20-26)31(23)36-17-15-24(16-18-36)19-30(37)34-22-25-10-5-3-4-6-11-25/h8,12-14,20-21,24-25H,3-7,9-11,15-19,22H2,1-2H3,(H,34,37)(H,35,38). The van der Waals surface area contributed by atoms with Crippen molar-refractivity contribution in [1.82, 2.24) is 15.5 Å². The van der Waals surface area contributed by atoms with Gasteiger partial charge in [-0.25, -0.2) is 8.42 Å². The Morgan fingerprint density at radius 2 is 1.73 bits per heavy atom. The van der Waals surface area contributed by atoms with Gasteiger partial charge in [0.25, 0.3) is 5.91 Å². The number of nitrogens with one attached hydrogen (secondary N) is 2. The van der Waals surface area contributed by atoms with Gasteiger partial charge >= 0.3 is 0 Å². The molecule has 9 heteroatoms. The Hall–Kier alpha value is -2.58. The second-order valence-electron chi connectivity index (χ2n) is 11.9. The molecule has 0 atom stereocenters. The van der Waals surface area contributed by atoms with Crippen LogP contribution in [-0.4, -0.2) is 51.0 Å². The minimum atomic E-state index is -3.49. The maximum atomic E-state index is 13.3. The highest BCUT2D eigenvalue weighted by atomic mass is 35.5. The molecule has 0 spiro atoms. The predicted octanol–water partition coefficient (Wildman–Crippen LogP) is 6.14. The molecule has 7 nitrogen and oxygen atoms in total. The largest absolute Gasteiger partial charge is 0.370 e. The quantitative estimate of drug-likeness (QED) is 0.349. The molecule has 2 aliphatic carbocycles. The maximum absolute atomic E-state index is 13.3. The molecular weight excluding hydrogens is 558 g/mol. The summed E-state index contributed by atoms with van der Waals surface area (Å²) in [7, 11) is -3.49. The van der Waals surface area contributed by atoms with E-state index in [0.717, 1.165) is 43.7 Å². The molecule has 0 bridgehead atoms. The fraction of sp³-hybridized carbons (Fsp3) is 0.562. The lowest BCUT2D eigenvalue weighted by Gasteiger charge is -2.37. The third-order valence-electron chi connectivity index (χ3n) is 8.54. The van der Waals surface area contributed by atoms with Gasteiger partial charge in [0.15, 0.2) is 9.84 Å². The Kier molecular flexibility index (Phi) is 11.1. The molecule has 224 valence electrons. The van der Waals surface area contributed by atoms with Crippen molar-refractivity contribution in [2.45, 2.75) is 77.6 Å². The normalized spacial score (nSPS) is 19.9. The van der Waals surface area contributed by atoms with Gasteiger partial charge in [0.05, 0.1) is 16.3 Å². The number of amides is 2. The lowest BCUT2D eigenvalue weighted by Crippen LogP contribution is -2.39. The lowest BCUT2D eigenvalue weighted by atomic mass is 9.91. The van der Waals surface area contributed by atoms with E-state index in [-0.39, 0.29) is 16.7 Å². The van der Waals surface area contributed by atoms with E-state index in [1.807, 2.05) is 6.92 Å². The Labute approximate surface area is 250 Å². The van der Waals surface area contributed by atoms with Crippen molar-refractivity contribution in [3.8, 4) is 0 Å². The van der Waals surface area contributed by atoms with Crippen molar-refractivity contribution < 1.29 is 18.0 Å². The first-order valence-electron chi connectivity index (χ1n) is 15.0. The number of rotatable bonds is 8. The topological polar surface area (TPSA) is 95.6 Å². The molecule has 1 saturated heterocycles. The molecule has 0 aromatic heterocycles. The third-order valence-corrected chi connectivity index (χ3v) is 9.92. The average molecular weight is 602 g/mol. The summed E-state index contributed by atoms with van der Waals surface area (Å²) in [4.78, 5) is 28.5. The molecule has 1 aliphatic heterocycles. The number of halogens is 1. The van der Waals surface area contributed by atoms with Crippen LogP contribution in [0.15, 0.2) is 58.3 Å². The average Bonchev–Trinajstić information content (AvgIpc) is 3.20. The van der Waals surface area contributed by atoms with E-state index in [9.17, 15) is 18.0 Å². The number of carbonyl (C=O) groups excluding carboxylic acids is 2. The Morgan fingerprint density at radius 3 is 2.39 bits per heavy atom. The molecule has 2 fully saturated rings. The predicted molar refractivity (Wildman–Crippen MR) is 165 cm³/mol. The number of hydrogen-bond donors (Lipinski definition) is 2. The smallest absolute Gasteiger partial charge is 0.255 e. The molecule has 1 aromatic rings. The Balaban J connectivity index is 1.45. The number of allylic oxidation sites excluding steroid dienone is 3. The fourth-order valence-electron chi connectivity index (χ4n) is 6.19. The highest BCUT2D eigenvalue weighted by molar-refractivity contribution is 7.94. The van der Waals surface area contributed by atoms with Gasteiger partial charge in [-0.2, -0.15) is 0 Å². The molecule has 2 amide bonds. The zero-order valence-corrected chi connectivity index (χ0v) is 26.0. The molecule has 1 saturated carbocycles. The number of sulfone groups is 1. The van der Waals surface area contributed by atoms with Crippen molar-refractivity contribution >= 4 is 33.3 Å². The summed E-state index contributed by atoms with van der Waals surface area (Å²) in [6.45, 7) is 4.30. The van der Waals surface area contributed by atoms with Crippen LogP contribution in [0, 0.1) is 11.8 Å². The molecule has 3 aliphatic rings. The van der Waals surface area contributed by atoms with E-state index in [4.69, 9.17) is 11.6 Å². The molecule has 4 rings (SSSR count). The monoisotopic (exact) mass is 601 g/mol. The highest BCUT2D eigenvalue weighted by Crippen LogP contribution is 2.31. The molecule has 2 N–H and O–H groups in total. The molecule has 41 heavy (non-hydrogen) atoms. The molecular formula is C32H44ClN3O4S. The molecule has 1 aromatic carbocycles. The van der Waals surface area contributed by atoms with Gasteiger partial charge < -0.3 is 15.5 Å². The second-order valence-corrected chi connectivity index (χ2v) is 14.3. The van der Waals surface area contributed by atoms with E-state index in [0.29, 0.717) is 47.4 Å². The van der Waals surface area contributed by atoms with Crippen molar-refractivity contribution in [2.24, 2.45) is 11.8 Å². The first-order valence-corrected chi connectivity index (χ1v) is 17.3. The number of hydrogen-bond acceptors (Lipinski definition) is 5. The first-order chi connectivity index (χ1) is 19.6. The summed E-state index contributed by atoms with van der Waals surface area (Å²) < 4.78 is 25.1. The number of likely N-dealkylation sites (tertiary alicyclic amines) is 1. The van der Waals surface area contributed by atoms with Crippen molar-refractivity contribution in [3.63, 3.8) is 0 Å². The summed E-state index contributed by atoms with van der Waals surface area (Å²) in [5.41, 5.74) is 2.83. The summed E-state index contributed by atoms with van der Waals surface area (Å²) in [6, 6.07) is 6.69. The minimum Gasteiger partial charge on any atom is -0.370 e. The van der Waals surface area contributed by atoms with Crippen LogP contribution in [0.5, 0.6) is 0 Å². The zero-order chi connectivity index (χ0) is 29.4. The van der Waals surface area contributed by atoms with E-state index in [1.165, 1.54) is 44.8 Å². The van der Waals surface area contributed by atoms with Gasteiger partial charge in [-0.1, -0.05) is 49.4 Å². The minimum absolute atomic E-state index is 0.145. The highest BCUT2D eigenvalue weighted by Gasteiger charge is 2.28. The van der Waals surface area contributed by atoms with Crippen molar-refractivity contribution in [2.75, 3.05) is 25.9 Å². The van der Waals surface area contributed by atoms with Gasteiger partial charge in [-0.3, -0.25) is 9.59 Å². The summed E-state index contributed by atoms with van der Waals surface area (Å²) in [6.07, 6.45) is 15.6. The van der Waals surface area contributed by atoms with Crippen LogP contribution >= 0.6 is 11.6 Å². The SMILES string of the molecule is CC1=C(N2CCC(CC(=O)NCC3CCCCCC3)CC2)C(NC(=O)c2cccc(Cl)c2)=CC(S(C)(=O)=O)=CCC1. The molecule has 0 radical (unpaired) electrons. The molecule has 1 heterocycles. The Morgan fingerprint density at radius 1 is 1.02 bits per heavy atom.